The molecule has 0 radical (unpaired) electrons. The lowest BCUT2D eigenvalue weighted by atomic mass is 10.1. The molecule has 4 heterocycles. The molecule has 30 heavy (non-hydrogen) atoms. The van der Waals surface area contributed by atoms with Crippen LogP contribution in [0.3, 0.4) is 0 Å². The Balaban J connectivity index is 1.41. The minimum Gasteiger partial charge on any atom is -0.326 e. The molecule has 2 aromatic heterocycles. The first-order valence-corrected chi connectivity index (χ1v) is 13.1. The number of fused-ring (bicyclic) bond motifs is 1. The molecule has 0 spiro atoms. The second-order valence-corrected chi connectivity index (χ2v) is 11.3. The lowest BCUT2D eigenvalue weighted by molar-refractivity contribution is 0.0637. The molecule has 2 aliphatic heterocycles. The lowest BCUT2D eigenvalue weighted by Crippen LogP contribution is -2.42. The van der Waals surface area contributed by atoms with E-state index in [-0.39, 0.29) is 16.8 Å². The van der Waals surface area contributed by atoms with Crippen LogP contribution in [0.1, 0.15) is 78.7 Å². The van der Waals surface area contributed by atoms with Crippen molar-refractivity contribution in [1.82, 2.24) is 24.0 Å². The molecule has 5 rings (SSSR count). The number of rotatable bonds is 4. The van der Waals surface area contributed by atoms with Gasteiger partial charge in [0.05, 0.1) is 6.04 Å². The van der Waals surface area contributed by atoms with Gasteiger partial charge < -0.3 is 9.47 Å². The summed E-state index contributed by atoms with van der Waals surface area (Å²) in [4.78, 5) is 15.6. The number of aromatic nitrogens is 3. The van der Waals surface area contributed by atoms with Crippen LogP contribution in [0.5, 0.6) is 0 Å². The molecule has 0 aromatic carbocycles. The van der Waals surface area contributed by atoms with Crippen LogP contribution in [0.25, 0.3) is 0 Å². The standard InChI is InChI=1S/C20H27N5O3S2/c1-14-18-21-22-19(15-6-2-3-7-15)25(18)12-11-24(14)20(26)17-16(8-13-29-17)30(27,28)23-9-4-5-10-23/h8,13-15H,2-7,9-12H2,1H3. The van der Waals surface area contributed by atoms with E-state index in [0.717, 1.165) is 37.3 Å². The molecule has 1 unspecified atom stereocenters. The summed E-state index contributed by atoms with van der Waals surface area (Å²) in [6, 6.07) is 1.33. The van der Waals surface area contributed by atoms with Gasteiger partial charge in [-0.1, -0.05) is 12.8 Å². The molecule has 1 saturated heterocycles. The Labute approximate surface area is 180 Å². The molecule has 0 bridgehead atoms. The van der Waals surface area contributed by atoms with Crippen molar-refractivity contribution in [2.24, 2.45) is 0 Å². The molecule has 3 aliphatic rings. The first-order chi connectivity index (χ1) is 14.5. The van der Waals surface area contributed by atoms with Crippen LogP contribution in [0.2, 0.25) is 0 Å². The molecular weight excluding hydrogens is 422 g/mol. The van der Waals surface area contributed by atoms with Crippen molar-refractivity contribution in [3.05, 3.63) is 28.0 Å². The molecule has 2 fully saturated rings. The van der Waals surface area contributed by atoms with Crippen molar-refractivity contribution < 1.29 is 13.2 Å². The third-order valence-corrected chi connectivity index (χ3v) is 9.67. The summed E-state index contributed by atoms with van der Waals surface area (Å²) in [7, 11) is -3.63. The van der Waals surface area contributed by atoms with Crippen LogP contribution in [0.4, 0.5) is 0 Å². The van der Waals surface area contributed by atoms with Gasteiger partial charge in [0.15, 0.2) is 5.82 Å². The minimum absolute atomic E-state index is 0.144. The molecule has 10 heteroatoms. The SMILES string of the molecule is CC1c2nnc(C3CCCC3)n2CCN1C(=O)c1sccc1S(=O)(=O)N1CCCC1. The van der Waals surface area contributed by atoms with Gasteiger partial charge in [0.2, 0.25) is 10.0 Å². The number of hydrogen-bond acceptors (Lipinski definition) is 6. The first-order valence-electron chi connectivity index (χ1n) is 10.8. The van der Waals surface area contributed by atoms with E-state index in [9.17, 15) is 13.2 Å². The Morgan fingerprint density at radius 1 is 1.03 bits per heavy atom. The summed E-state index contributed by atoms with van der Waals surface area (Å²) in [6.45, 7) is 4.20. The maximum atomic E-state index is 13.4. The summed E-state index contributed by atoms with van der Waals surface area (Å²) in [5.41, 5.74) is 0. The normalized spacial score (nSPS) is 23.2. The van der Waals surface area contributed by atoms with Crippen LogP contribution >= 0.6 is 11.3 Å². The molecule has 162 valence electrons. The summed E-state index contributed by atoms with van der Waals surface area (Å²) in [6.07, 6.45) is 6.52. The van der Waals surface area contributed by atoms with Crippen molar-refractivity contribution in [2.75, 3.05) is 19.6 Å². The fourth-order valence-electron chi connectivity index (χ4n) is 5.02. The van der Waals surface area contributed by atoms with Crippen molar-refractivity contribution in [2.45, 2.75) is 68.8 Å². The molecular formula is C20H27N5O3S2. The van der Waals surface area contributed by atoms with Crippen LogP contribution in [0, 0.1) is 0 Å². The van der Waals surface area contributed by atoms with Crippen LogP contribution in [0.15, 0.2) is 16.3 Å². The van der Waals surface area contributed by atoms with Gasteiger partial charge in [-0.2, -0.15) is 4.31 Å². The van der Waals surface area contributed by atoms with E-state index in [2.05, 4.69) is 14.8 Å². The molecule has 1 saturated carbocycles. The average molecular weight is 450 g/mol. The Bertz CT molecular complexity index is 1050. The summed E-state index contributed by atoms with van der Waals surface area (Å²) < 4.78 is 29.8. The fraction of sp³-hybridized carbons (Fsp3) is 0.650. The highest BCUT2D eigenvalue weighted by Gasteiger charge is 2.38. The summed E-state index contributed by atoms with van der Waals surface area (Å²) in [5.74, 6) is 2.09. The minimum atomic E-state index is -3.63. The van der Waals surface area contributed by atoms with Gasteiger partial charge in [0, 0.05) is 32.1 Å². The van der Waals surface area contributed by atoms with E-state index in [1.165, 1.54) is 28.5 Å². The number of nitrogens with zero attached hydrogens (tertiary/aromatic N) is 5. The molecule has 1 amide bonds. The van der Waals surface area contributed by atoms with Crippen molar-refractivity contribution >= 4 is 27.3 Å². The molecule has 8 nitrogen and oxygen atoms in total. The molecule has 1 atom stereocenters. The predicted molar refractivity (Wildman–Crippen MR) is 113 cm³/mol. The number of carbonyl (C=O) groups is 1. The van der Waals surface area contributed by atoms with Crippen molar-refractivity contribution in [3.8, 4) is 0 Å². The summed E-state index contributed by atoms with van der Waals surface area (Å²) >= 11 is 1.21. The molecule has 1 aliphatic carbocycles. The average Bonchev–Trinajstić information content (AvgIpc) is 3.54. The predicted octanol–water partition coefficient (Wildman–Crippen LogP) is 3.00. The Kier molecular flexibility index (Phi) is 5.19. The van der Waals surface area contributed by atoms with E-state index in [0.29, 0.717) is 37.0 Å². The second-order valence-electron chi connectivity index (χ2n) is 8.45. The number of sulfonamides is 1. The van der Waals surface area contributed by atoms with Gasteiger partial charge in [0.25, 0.3) is 5.91 Å². The van der Waals surface area contributed by atoms with Gasteiger partial charge in [-0.3, -0.25) is 4.79 Å². The highest BCUT2D eigenvalue weighted by molar-refractivity contribution is 7.89. The number of hydrogen-bond donors (Lipinski definition) is 0. The van der Waals surface area contributed by atoms with Crippen LogP contribution in [-0.4, -0.2) is 57.9 Å². The largest absolute Gasteiger partial charge is 0.326 e. The maximum Gasteiger partial charge on any atom is 0.265 e. The van der Waals surface area contributed by atoms with Crippen molar-refractivity contribution in [3.63, 3.8) is 0 Å². The van der Waals surface area contributed by atoms with E-state index in [1.54, 1.807) is 16.3 Å². The zero-order valence-corrected chi connectivity index (χ0v) is 18.8. The van der Waals surface area contributed by atoms with Gasteiger partial charge in [0.1, 0.15) is 15.6 Å². The summed E-state index contributed by atoms with van der Waals surface area (Å²) in [5, 5.41) is 10.6. The van der Waals surface area contributed by atoms with E-state index >= 15 is 0 Å². The number of carbonyl (C=O) groups excluding carboxylic acids is 1. The van der Waals surface area contributed by atoms with Gasteiger partial charge in [-0.25, -0.2) is 8.42 Å². The first kappa shape index (κ1) is 20.1. The Hall–Kier alpha value is -1.78. The Morgan fingerprint density at radius 2 is 1.73 bits per heavy atom. The third-order valence-electron chi connectivity index (χ3n) is 6.70. The number of amides is 1. The Morgan fingerprint density at radius 3 is 2.47 bits per heavy atom. The third kappa shape index (κ3) is 3.20. The van der Waals surface area contributed by atoms with E-state index < -0.39 is 10.0 Å². The van der Waals surface area contributed by atoms with E-state index in [4.69, 9.17) is 0 Å². The van der Waals surface area contributed by atoms with Crippen LogP contribution < -0.4 is 0 Å². The topological polar surface area (TPSA) is 88.4 Å². The zero-order chi connectivity index (χ0) is 20.9. The second kappa shape index (κ2) is 7.72. The van der Waals surface area contributed by atoms with Crippen molar-refractivity contribution in [1.29, 1.82) is 0 Å². The molecule has 2 aromatic rings. The maximum absolute atomic E-state index is 13.4. The van der Waals surface area contributed by atoms with E-state index in [1.807, 2.05) is 6.92 Å². The highest BCUT2D eigenvalue weighted by atomic mass is 32.2. The highest BCUT2D eigenvalue weighted by Crippen LogP contribution is 2.37. The smallest absolute Gasteiger partial charge is 0.265 e. The number of thiophene rings is 1. The van der Waals surface area contributed by atoms with Gasteiger partial charge >= 0.3 is 0 Å². The molecule has 0 N–H and O–H groups in total. The lowest BCUT2D eigenvalue weighted by Gasteiger charge is -2.34. The van der Waals surface area contributed by atoms with Gasteiger partial charge in [-0.05, 0) is 44.1 Å². The van der Waals surface area contributed by atoms with Gasteiger partial charge in [-0.15, -0.1) is 21.5 Å². The zero-order valence-electron chi connectivity index (χ0n) is 17.2. The van der Waals surface area contributed by atoms with Crippen LogP contribution in [-0.2, 0) is 16.6 Å². The quantitative estimate of drug-likeness (QED) is 0.716. The monoisotopic (exact) mass is 449 g/mol. The fourth-order valence-corrected chi connectivity index (χ4v) is 7.89.